The quantitative estimate of drug-likeness (QED) is 0.397. The number of hydrogen-bond acceptors (Lipinski definition) is 2. The molecule has 0 bridgehead atoms. The average molecular weight is 262 g/mol. The van der Waals surface area contributed by atoms with Crippen LogP contribution in [0.25, 0.3) is 28.2 Å². The van der Waals surface area contributed by atoms with E-state index >= 15 is 0 Å². The van der Waals surface area contributed by atoms with Gasteiger partial charge in [-0.15, -0.1) is 0 Å². The van der Waals surface area contributed by atoms with E-state index in [9.17, 15) is 0 Å². The van der Waals surface area contributed by atoms with Gasteiger partial charge in [-0.25, -0.2) is 9.55 Å². The fourth-order valence-electron chi connectivity index (χ4n) is 3.24. The number of pyridine rings is 2. The second kappa shape index (κ2) is 3.25. The van der Waals surface area contributed by atoms with E-state index in [4.69, 9.17) is 0 Å². The molecule has 5 heteroatoms. The van der Waals surface area contributed by atoms with Gasteiger partial charge in [0.25, 0.3) is 5.82 Å². The van der Waals surface area contributed by atoms with Crippen LogP contribution in [0.15, 0.2) is 43.0 Å². The number of hydrogen-bond donors (Lipinski definition) is 0. The Labute approximate surface area is 114 Å². The second-order valence-electron chi connectivity index (χ2n) is 5.21. The third-order valence-corrected chi connectivity index (χ3v) is 4.15. The van der Waals surface area contributed by atoms with Crippen LogP contribution in [0.4, 0.5) is 0 Å². The van der Waals surface area contributed by atoms with Crippen molar-refractivity contribution < 1.29 is 4.57 Å². The maximum atomic E-state index is 4.49. The lowest BCUT2D eigenvalue weighted by atomic mass is 10.2. The van der Waals surface area contributed by atoms with Crippen molar-refractivity contribution in [3.8, 4) is 11.4 Å². The molecule has 0 spiro atoms. The van der Waals surface area contributed by atoms with Crippen molar-refractivity contribution in [2.24, 2.45) is 7.05 Å². The van der Waals surface area contributed by atoms with Gasteiger partial charge >= 0.3 is 0 Å². The third kappa shape index (κ3) is 1.02. The van der Waals surface area contributed by atoms with Gasteiger partial charge in [0.2, 0.25) is 5.65 Å². The van der Waals surface area contributed by atoms with E-state index in [1.165, 1.54) is 17.0 Å². The minimum absolute atomic E-state index is 0.913. The number of fused-ring (bicyclic) bond motifs is 7. The molecule has 0 unspecified atom stereocenters. The fourth-order valence-corrected chi connectivity index (χ4v) is 3.24. The molecule has 0 atom stereocenters. The minimum atomic E-state index is 0.913. The normalized spacial score (nSPS) is 13.1. The van der Waals surface area contributed by atoms with Gasteiger partial charge in [-0.3, -0.25) is 9.55 Å². The first kappa shape index (κ1) is 10.1. The van der Waals surface area contributed by atoms with Crippen LogP contribution in [0.5, 0.6) is 0 Å². The van der Waals surface area contributed by atoms with Crippen molar-refractivity contribution >= 4 is 16.8 Å². The summed E-state index contributed by atoms with van der Waals surface area (Å²) in [5, 5.41) is 0. The van der Waals surface area contributed by atoms with Crippen LogP contribution in [0.1, 0.15) is 5.56 Å². The number of aromatic nitrogens is 5. The van der Waals surface area contributed by atoms with Crippen molar-refractivity contribution in [3.63, 3.8) is 0 Å². The smallest absolute Gasteiger partial charge is 0.289 e. The second-order valence-corrected chi connectivity index (χ2v) is 5.21. The van der Waals surface area contributed by atoms with Crippen molar-refractivity contribution in [2.45, 2.75) is 6.54 Å². The standard InChI is InChI=1S/C15H12N5/c1-18-13-9-19-8-10-4-6-16-7-11(10)15(19)20(13)12-3-2-5-17-14(12)18/h2-7,9H,8H2,1H3/q+1. The van der Waals surface area contributed by atoms with Gasteiger partial charge < -0.3 is 0 Å². The Morgan fingerprint density at radius 3 is 3.15 bits per heavy atom. The Bertz CT molecular complexity index is 992. The van der Waals surface area contributed by atoms with E-state index in [0.29, 0.717) is 0 Å². The molecule has 0 radical (unpaired) electrons. The molecule has 0 aliphatic carbocycles. The molecule has 0 saturated carbocycles. The zero-order chi connectivity index (χ0) is 13.3. The van der Waals surface area contributed by atoms with Gasteiger partial charge in [0.1, 0.15) is 6.54 Å². The lowest BCUT2D eigenvalue weighted by Crippen LogP contribution is -2.29. The third-order valence-electron chi connectivity index (χ3n) is 4.15. The number of imidazole rings is 2. The summed E-state index contributed by atoms with van der Waals surface area (Å²) in [7, 11) is 2.06. The van der Waals surface area contributed by atoms with E-state index in [1.807, 2.05) is 24.7 Å². The van der Waals surface area contributed by atoms with Gasteiger partial charge in [0.05, 0.1) is 5.56 Å². The molecule has 4 aromatic heterocycles. The van der Waals surface area contributed by atoms with Crippen LogP contribution in [0, 0.1) is 0 Å². The van der Waals surface area contributed by atoms with Crippen molar-refractivity contribution in [1.29, 1.82) is 0 Å². The molecule has 96 valence electrons. The average Bonchev–Trinajstić information content (AvgIpc) is 3.08. The molecule has 5 nitrogen and oxygen atoms in total. The lowest BCUT2D eigenvalue weighted by molar-refractivity contribution is -0.670. The van der Waals surface area contributed by atoms with Crippen LogP contribution in [0.2, 0.25) is 0 Å². The Morgan fingerprint density at radius 1 is 1.25 bits per heavy atom. The van der Waals surface area contributed by atoms with Crippen LogP contribution in [-0.2, 0) is 13.6 Å². The van der Waals surface area contributed by atoms with E-state index in [-0.39, 0.29) is 0 Å². The Balaban J connectivity index is 2.03. The van der Waals surface area contributed by atoms with E-state index in [0.717, 1.165) is 23.4 Å². The first-order valence-corrected chi connectivity index (χ1v) is 6.62. The number of rotatable bonds is 0. The summed E-state index contributed by atoms with van der Waals surface area (Å²) >= 11 is 0. The SMILES string of the molecule is Cn1c2ncccc2n2c3[n+](cc12)Cc1ccncc1-3. The summed E-state index contributed by atoms with van der Waals surface area (Å²) in [6, 6.07) is 6.20. The molecule has 5 rings (SSSR count). The lowest BCUT2D eigenvalue weighted by Gasteiger charge is -1.92. The van der Waals surface area contributed by atoms with Gasteiger partial charge in [0, 0.05) is 31.2 Å². The number of aryl methyl sites for hydroxylation is 1. The Kier molecular flexibility index (Phi) is 1.65. The zero-order valence-electron chi connectivity index (χ0n) is 11.0. The molecule has 0 aromatic carbocycles. The molecule has 20 heavy (non-hydrogen) atoms. The molecule has 0 fully saturated rings. The van der Waals surface area contributed by atoms with Crippen LogP contribution in [0.3, 0.4) is 0 Å². The number of nitrogens with zero attached hydrogens (tertiary/aromatic N) is 5. The molecule has 1 aliphatic rings. The predicted octanol–water partition coefficient (Wildman–Crippen LogP) is 1.54. The Morgan fingerprint density at radius 2 is 2.20 bits per heavy atom. The highest BCUT2D eigenvalue weighted by molar-refractivity contribution is 5.81. The zero-order valence-corrected chi connectivity index (χ0v) is 11.0. The molecular formula is C15H12N5+. The van der Waals surface area contributed by atoms with Gasteiger partial charge in [0.15, 0.2) is 17.4 Å². The predicted molar refractivity (Wildman–Crippen MR) is 74.2 cm³/mol. The molecule has 0 amide bonds. The summed E-state index contributed by atoms with van der Waals surface area (Å²) in [4.78, 5) is 8.77. The minimum Gasteiger partial charge on any atom is -0.289 e. The van der Waals surface area contributed by atoms with Gasteiger partial charge in [-0.1, -0.05) is 0 Å². The largest absolute Gasteiger partial charge is 0.298 e. The Hall–Kier alpha value is -2.69. The van der Waals surface area contributed by atoms with Gasteiger partial charge in [-0.2, -0.15) is 4.40 Å². The molecule has 0 saturated heterocycles. The van der Waals surface area contributed by atoms with E-state index < -0.39 is 0 Å². The van der Waals surface area contributed by atoms with Crippen LogP contribution >= 0.6 is 0 Å². The first-order valence-electron chi connectivity index (χ1n) is 6.62. The maximum absolute atomic E-state index is 4.49. The summed E-state index contributed by atoms with van der Waals surface area (Å²) in [5.41, 5.74) is 5.83. The van der Waals surface area contributed by atoms with Gasteiger partial charge in [-0.05, 0) is 18.2 Å². The molecule has 0 N–H and O–H groups in total. The topological polar surface area (TPSA) is 39.0 Å². The fraction of sp³-hybridized carbons (Fsp3) is 0.133. The highest BCUT2D eigenvalue weighted by Gasteiger charge is 2.33. The van der Waals surface area contributed by atoms with Crippen LogP contribution < -0.4 is 4.57 Å². The van der Waals surface area contributed by atoms with Crippen molar-refractivity contribution in [2.75, 3.05) is 0 Å². The summed E-state index contributed by atoms with van der Waals surface area (Å²) in [5.74, 6) is 1.20. The molecular weight excluding hydrogens is 250 g/mol. The van der Waals surface area contributed by atoms with Crippen LogP contribution in [-0.4, -0.2) is 18.9 Å². The van der Waals surface area contributed by atoms with E-state index in [2.05, 4.69) is 48.9 Å². The summed E-state index contributed by atoms with van der Waals surface area (Å²) < 4.78 is 6.70. The highest BCUT2D eigenvalue weighted by Crippen LogP contribution is 2.30. The summed E-state index contributed by atoms with van der Waals surface area (Å²) in [6.07, 6.45) is 7.84. The first-order chi connectivity index (χ1) is 9.84. The molecule has 1 aliphatic heterocycles. The van der Waals surface area contributed by atoms with Crippen molar-refractivity contribution in [3.05, 3.63) is 48.5 Å². The summed E-state index contributed by atoms with van der Waals surface area (Å²) in [6.45, 7) is 0.913. The van der Waals surface area contributed by atoms with E-state index in [1.54, 1.807) is 0 Å². The van der Waals surface area contributed by atoms with Crippen molar-refractivity contribution in [1.82, 2.24) is 18.9 Å². The maximum Gasteiger partial charge on any atom is 0.298 e. The highest BCUT2D eigenvalue weighted by atomic mass is 15.2. The molecule has 5 heterocycles. The molecule has 4 aromatic rings. The monoisotopic (exact) mass is 262 g/mol.